The molecule has 2 N–H and O–H groups in total. The zero-order valence-electron chi connectivity index (χ0n) is 10.8. The normalized spacial score (nSPS) is 16.1. The Hall–Kier alpha value is -1.21. The summed E-state index contributed by atoms with van der Waals surface area (Å²) in [5.74, 6) is 2.00. The summed E-state index contributed by atoms with van der Waals surface area (Å²) < 4.78 is 5.68. The zero-order chi connectivity index (χ0) is 13.0. The molecule has 1 fully saturated rings. The van der Waals surface area contributed by atoms with Crippen LogP contribution in [-0.2, 0) is 4.74 Å². The van der Waals surface area contributed by atoms with Crippen LogP contribution in [0.3, 0.4) is 0 Å². The molecule has 2 heterocycles. The van der Waals surface area contributed by atoms with Gasteiger partial charge in [0.1, 0.15) is 0 Å². The second kappa shape index (κ2) is 6.10. The highest BCUT2D eigenvalue weighted by molar-refractivity contribution is 7.71. The van der Waals surface area contributed by atoms with E-state index in [2.05, 4.69) is 39.0 Å². The molecule has 100 valence electrons. The van der Waals surface area contributed by atoms with Crippen LogP contribution in [0, 0.1) is 10.7 Å². The number of aromatic nitrogens is 3. The van der Waals surface area contributed by atoms with Crippen molar-refractivity contribution < 1.29 is 4.74 Å². The molecule has 0 amide bonds. The van der Waals surface area contributed by atoms with Crippen molar-refractivity contribution in [2.45, 2.75) is 13.8 Å². The monoisotopic (exact) mass is 269 g/mol. The molecule has 0 radical (unpaired) electrons. The maximum atomic E-state index is 5.32. The number of aromatic amines is 1. The molecular weight excluding hydrogens is 250 g/mol. The summed E-state index contributed by atoms with van der Waals surface area (Å²) in [6.07, 6.45) is 0. The Morgan fingerprint density at radius 1 is 1.39 bits per heavy atom. The van der Waals surface area contributed by atoms with Gasteiger partial charge in [-0.3, -0.25) is 4.98 Å². The predicted molar refractivity (Wildman–Crippen MR) is 73.6 cm³/mol. The van der Waals surface area contributed by atoms with Crippen LogP contribution >= 0.6 is 12.2 Å². The minimum Gasteiger partial charge on any atom is -0.378 e. The molecule has 1 aromatic heterocycles. The third-order valence-corrected chi connectivity index (χ3v) is 2.81. The minimum absolute atomic E-state index is 0.362. The lowest BCUT2D eigenvalue weighted by atomic mass is 10.2. The number of H-pyrrole nitrogens is 1. The highest BCUT2D eigenvalue weighted by atomic mass is 32.1. The standard InChI is InChI=1S/C11H19N5OS/c1-8(2)7-12-9-13-10(15-11(18)14-9)16-3-5-17-6-4-16/h8H,3-7H2,1-2H3,(H2,12,13,14,15,18). The predicted octanol–water partition coefficient (Wildman–Crippen LogP) is 1.44. The van der Waals surface area contributed by atoms with E-state index in [1.165, 1.54) is 0 Å². The highest BCUT2D eigenvalue weighted by Gasteiger charge is 2.14. The van der Waals surface area contributed by atoms with Gasteiger partial charge < -0.3 is 15.0 Å². The van der Waals surface area contributed by atoms with Crippen LogP contribution < -0.4 is 10.2 Å². The maximum absolute atomic E-state index is 5.32. The number of anilines is 2. The van der Waals surface area contributed by atoms with Crippen molar-refractivity contribution in [2.24, 2.45) is 5.92 Å². The van der Waals surface area contributed by atoms with Gasteiger partial charge in [-0.2, -0.15) is 9.97 Å². The van der Waals surface area contributed by atoms with Crippen molar-refractivity contribution in [3.8, 4) is 0 Å². The van der Waals surface area contributed by atoms with Crippen molar-refractivity contribution >= 4 is 24.1 Å². The molecule has 2 rings (SSSR count). The quantitative estimate of drug-likeness (QED) is 0.806. The van der Waals surface area contributed by atoms with Crippen LogP contribution in [0.15, 0.2) is 0 Å². The van der Waals surface area contributed by atoms with Crippen LogP contribution in [-0.4, -0.2) is 47.8 Å². The summed E-state index contributed by atoms with van der Waals surface area (Å²) in [6.45, 7) is 8.23. The van der Waals surface area contributed by atoms with E-state index in [0.29, 0.717) is 16.6 Å². The molecule has 1 aromatic rings. The van der Waals surface area contributed by atoms with Crippen molar-refractivity contribution in [3.63, 3.8) is 0 Å². The number of nitrogens with one attached hydrogen (secondary N) is 2. The van der Waals surface area contributed by atoms with Crippen LogP contribution in [0.2, 0.25) is 0 Å². The van der Waals surface area contributed by atoms with Gasteiger partial charge in [0, 0.05) is 19.6 Å². The smallest absolute Gasteiger partial charge is 0.225 e. The fraction of sp³-hybridized carbons (Fsp3) is 0.727. The number of nitrogens with zero attached hydrogens (tertiary/aromatic N) is 3. The van der Waals surface area contributed by atoms with E-state index in [4.69, 9.17) is 17.0 Å². The van der Waals surface area contributed by atoms with E-state index in [1.807, 2.05) is 0 Å². The molecule has 0 aromatic carbocycles. The van der Waals surface area contributed by atoms with Crippen molar-refractivity contribution in [2.75, 3.05) is 43.1 Å². The van der Waals surface area contributed by atoms with Crippen molar-refractivity contribution in [3.05, 3.63) is 4.77 Å². The summed E-state index contributed by atoms with van der Waals surface area (Å²) in [5.41, 5.74) is 0. The van der Waals surface area contributed by atoms with Gasteiger partial charge in [-0.25, -0.2) is 0 Å². The lowest BCUT2D eigenvalue weighted by molar-refractivity contribution is 0.122. The average molecular weight is 269 g/mol. The largest absolute Gasteiger partial charge is 0.378 e. The molecule has 6 nitrogen and oxygen atoms in total. The summed E-state index contributed by atoms with van der Waals surface area (Å²) in [4.78, 5) is 13.8. The van der Waals surface area contributed by atoms with E-state index in [-0.39, 0.29) is 0 Å². The molecular formula is C11H19N5OS. The third kappa shape index (κ3) is 3.64. The van der Waals surface area contributed by atoms with Gasteiger partial charge in [-0.15, -0.1) is 0 Å². The summed E-state index contributed by atoms with van der Waals surface area (Å²) in [5, 5.41) is 3.23. The Morgan fingerprint density at radius 3 is 2.78 bits per heavy atom. The number of ether oxygens (including phenoxy) is 1. The Bertz CT molecular complexity index is 441. The summed E-state index contributed by atoms with van der Waals surface area (Å²) in [7, 11) is 0. The molecule has 0 saturated carbocycles. The van der Waals surface area contributed by atoms with E-state index in [9.17, 15) is 0 Å². The maximum Gasteiger partial charge on any atom is 0.225 e. The lowest BCUT2D eigenvalue weighted by Crippen LogP contribution is -2.37. The first kappa shape index (κ1) is 13.2. The third-order valence-electron chi connectivity index (χ3n) is 2.63. The SMILES string of the molecule is CC(C)CNc1nc(=S)nc(N2CCOCC2)[nH]1. The van der Waals surface area contributed by atoms with Crippen LogP contribution in [0.5, 0.6) is 0 Å². The Morgan fingerprint density at radius 2 is 2.11 bits per heavy atom. The molecule has 1 aliphatic heterocycles. The molecule has 0 bridgehead atoms. The average Bonchev–Trinajstić information content (AvgIpc) is 2.37. The molecule has 7 heteroatoms. The molecule has 1 aliphatic rings. The number of hydrogen-bond acceptors (Lipinski definition) is 6. The van der Waals surface area contributed by atoms with E-state index in [0.717, 1.165) is 38.8 Å². The van der Waals surface area contributed by atoms with Gasteiger partial charge in [-0.1, -0.05) is 13.8 Å². The van der Waals surface area contributed by atoms with E-state index in [1.54, 1.807) is 0 Å². The van der Waals surface area contributed by atoms with Crippen molar-refractivity contribution in [1.29, 1.82) is 0 Å². The Kier molecular flexibility index (Phi) is 4.48. The first-order valence-electron chi connectivity index (χ1n) is 6.20. The van der Waals surface area contributed by atoms with Gasteiger partial charge in [0.2, 0.25) is 16.7 Å². The van der Waals surface area contributed by atoms with Gasteiger partial charge in [-0.05, 0) is 18.1 Å². The molecule has 0 spiro atoms. The number of hydrogen-bond donors (Lipinski definition) is 2. The first-order chi connectivity index (χ1) is 8.65. The summed E-state index contributed by atoms with van der Waals surface area (Å²) >= 11 is 5.10. The van der Waals surface area contributed by atoms with E-state index >= 15 is 0 Å². The highest BCUT2D eigenvalue weighted by Crippen LogP contribution is 2.11. The van der Waals surface area contributed by atoms with Gasteiger partial charge in [0.25, 0.3) is 0 Å². The fourth-order valence-electron chi connectivity index (χ4n) is 1.68. The van der Waals surface area contributed by atoms with Gasteiger partial charge >= 0.3 is 0 Å². The Labute approximate surface area is 112 Å². The lowest BCUT2D eigenvalue weighted by Gasteiger charge is -2.27. The summed E-state index contributed by atoms with van der Waals surface area (Å²) in [6, 6.07) is 0. The van der Waals surface area contributed by atoms with Crippen molar-refractivity contribution in [1.82, 2.24) is 15.0 Å². The van der Waals surface area contributed by atoms with Crippen LogP contribution in [0.1, 0.15) is 13.8 Å². The number of morpholine rings is 1. The molecule has 0 atom stereocenters. The van der Waals surface area contributed by atoms with Gasteiger partial charge in [0.05, 0.1) is 13.2 Å². The first-order valence-corrected chi connectivity index (χ1v) is 6.61. The molecule has 0 unspecified atom stereocenters. The fourth-order valence-corrected chi connectivity index (χ4v) is 1.86. The number of rotatable bonds is 4. The van der Waals surface area contributed by atoms with Crippen LogP contribution in [0.25, 0.3) is 0 Å². The second-order valence-corrected chi connectivity index (χ2v) is 5.04. The molecule has 0 aliphatic carbocycles. The van der Waals surface area contributed by atoms with Crippen LogP contribution in [0.4, 0.5) is 11.9 Å². The topological polar surface area (TPSA) is 66.1 Å². The Balaban J connectivity index is 2.12. The zero-order valence-corrected chi connectivity index (χ0v) is 11.6. The van der Waals surface area contributed by atoms with Gasteiger partial charge in [0.15, 0.2) is 0 Å². The second-order valence-electron chi connectivity index (χ2n) is 4.68. The minimum atomic E-state index is 0.362. The molecule has 18 heavy (non-hydrogen) atoms. The molecule has 1 saturated heterocycles. The van der Waals surface area contributed by atoms with E-state index < -0.39 is 0 Å².